The molecule has 130 valence electrons. The van der Waals surface area contributed by atoms with Crippen LogP contribution < -0.4 is 0 Å². The van der Waals surface area contributed by atoms with Crippen molar-refractivity contribution in [2.75, 3.05) is 0 Å². The lowest BCUT2D eigenvalue weighted by Crippen LogP contribution is -2.12. The van der Waals surface area contributed by atoms with Crippen LogP contribution in [0.4, 0.5) is 0 Å². The lowest BCUT2D eigenvalue weighted by Gasteiger charge is -2.08. The van der Waals surface area contributed by atoms with Crippen molar-refractivity contribution in [3.05, 3.63) is 96.1 Å². The van der Waals surface area contributed by atoms with Crippen molar-refractivity contribution in [3.8, 4) is 11.1 Å². The Kier molecular flexibility index (Phi) is 3.57. The van der Waals surface area contributed by atoms with E-state index in [9.17, 15) is 4.79 Å². The summed E-state index contributed by atoms with van der Waals surface area (Å²) in [4.78, 5) is 13.2. The van der Waals surface area contributed by atoms with Gasteiger partial charge in [-0.15, -0.1) is 5.10 Å². The van der Waals surface area contributed by atoms with Crippen LogP contribution in [0.2, 0.25) is 0 Å². The summed E-state index contributed by atoms with van der Waals surface area (Å²) < 4.78 is 3.72. The minimum atomic E-state index is -0.0731. The minimum Gasteiger partial charge on any atom is -0.342 e. The molecule has 0 fully saturated rings. The van der Waals surface area contributed by atoms with Gasteiger partial charge in [-0.2, -0.15) is 0 Å². The van der Waals surface area contributed by atoms with Crippen LogP contribution >= 0.6 is 0 Å². The summed E-state index contributed by atoms with van der Waals surface area (Å²) in [5.74, 6) is -0.0731. The number of hydrogen-bond donors (Lipinski definition) is 0. The van der Waals surface area contributed by atoms with Gasteiger partial charge in [0, 0.05) is 17.5 Å². The first kappa shape index (κ1) is 15.5. The zero-order valence-corrected chi connectivity index (χ0v) is 14.5. The van der Waals surface area contributed by atoms with Crippen molar-refractivity contribution in [3.63, 3.8) is 0 Å². The number of allylic oxidation sites excluding steroid dienone is 1. The van der Waals surface area contributed by atoms with E-state index in [4.69, 9.17) is 0 Å². The van der Waals surface area contributed by atoms with E-state index in [1.54, 1.807) is 10.9 Å². The Balaban J connectivity index is 1.54. The average molecular weight is 352 g/mol. The number of hydrogen-bond acceptors (Lipinski definition) is 3. The largest absolute Gasteiger partial charge is 0.342 e. The second kappa shape index (κ2) is 6.21. The Morgan fingerprint density at radius 1 is 0.889 bits per heavy atom. The second-order valence-corrected chi connectivity index (χ2v) is 6.50. The summed E-state index contributed by atoms with van der Waals surface area (Å²) in [6, 6.07) is 21.8. The molecule has 0 spiro atoms. The number of fused-ring (bicyclic) bond motifs is 2. The highest BCUT2D eigenvalue weighted by molar-refractivity contribution is 6.27. The molecule has 1 aliphatic rings. The summed E-state index contributed by atoms with van der Waals surface area (Å²) in [6.07, 6.45) is 5.57. The molecule has 5 rings (SSSR count). The van der Waals surface area contributed by atoms with Crippen molar-refractivity contribution in [2.24, 2.45) is 0 Å². The van der Waals surface area contributed by atoms with Crippen molar-refractivity contribution in [2.45, 2.75) is 6.54 Å². The van der Waals surface area contributed by atoms with E-state index < -0.39 is 0 Å². The van der Waals surface area contributed by atoms with Crippen LogP contribution in [0.15, 0.2) is 79.1 Å². The van der Waals surface area contributed by atoms with Crippen molar-refractivity contribution in [1.29, 1.82) is 0 Å². The van der Waals surface area contributed by atoms with E-state index in [0.29, 0.717) is 17.8 Å². The predicted octanol–water partition coefficient (Wildman–Crippen LogP) is 3.99. The first-order valence-corrected chi connectivity index (χ1v) is 8.76. The SMILES string of the molecule is O=C(C1=Cc2cccn2Cc2cnnn21)c1ccc(-c2ccccc2)cc1. The number of carbonyl (C=O) groups excluding carboxylic acids is 1. The zero-order valence-electron chi connectivity index (χ0n) is 14.5. The molecule has 2 aromatic heterocycles. The summed E-state index contributed by atoms with van der Waals surface area (Å²) in [6.45, 7) is 0.634. The van der Waals surface area contributed by atoms with Crippen LogP contribution in [0.1, 0.15) is 21.7 Å². The molecular formula is C22H16N4O. The molecule has 4 aromatic rings. The molecule has 0 radical (unpaired) electrons. The number of aromatic nitrogens is 4. The fourth-order valence-corrected chi connectivity index (χ4v) is 3.40. The molecule has 0 saturated carbocycles. The van der Waals surface area contributed by atoms with Gasteiger partial charge in [0.1, 0.15) is 5.70 Å². The third-order valence-electron chi connectivity index (χ3n) is 4.82. The number of benzene rings is 2. The van der Waals surface area contributed by atoms with E-state index >= 15 is 0 Å². The van der Waals surface area contributed by atoms with Crippen molar-refractivity contribution in [1.82, 2.24) is 19.6 Å². The van der Waals surface area contributed by atoms with E-state index in [-0.39, 0.29) is 5.78 Å². The molecule has 0 saturated heterocycles. The molecular weight excluding hydrogens is 336 g/mol. The van der Waals surface area contributed by atoms with Crippen LogP contribution in [0, 0.1) is 0 Å². The quantitative estimate of drug-likeness (QED) is 0.524. The molecule has 0 N–H and O–H groups in total. The van der Waals surface area contributed by atoms with E-state index in [2.05, 4.69) is 27.0 Å². The summed E-state index contributed by atoms with van der Waals surface area (Å²) in [5, 5.41) is 8.13. The summed E-state index contributed by atoms with van der Waals surface area (Å²) in [7, 11) is 0. The molecule has 0 aliphatic carbocycles. The summed E-state index contributed by atoms with van der Waals surface area (Å²) >= 11 is 0. The van der Waals surface area contributed by atoms with Gasteiger partial charge >= 0.3 is 0 Å². The fraction of sp³-hybridized carbons (Fsp3) is 0.0455. The van der Waals surface area contributed by atoms with Crippen LogP contribution in [0.5, 0.6) is 0 Å². The Morgan fingerprint density at radius 2 is 1.67 bits per heavy atom. The molecule has 0 bridgehead atoms. The standard InChI is InChI=1S/C22H16N4O/c27-22(18-10-8-17(9-11-18)16-5-2-1-3-6-16)21-13-19-7-4-12-25(19)15-20-14-23-24-26(20)21/h1-14H,15H2. The average Bonchev–Trinajstić information content (AvgIpc) is 3.34. The van der Waals surface area contributed by atoms with Gasteiger partial charge in [-0.3, -0.25) is 4.79 Å². The molecule has 0 amide bonds. The molecule has 27 heavy (non-hydrogen) atoms. The molecule has 5 nitrogen and oxygen atoms in total. The molecule has 3 heterocycles. The third kappa shape index (κ3) is 2.69. The first-order chi connectivity index (χ1) is 13.3. The Labute approximate surface area is 156 Å². The lowest BCUT2D eigenvalue weighted by molar-refractivity contribution is 0.105. The highest BCUT2D eigenvalue weighted by Gasteiger charge is 2.22. The van der Waals surface area contributed by atoms with Crippen molar-refractivity contribution < 1.29 is 4.79 Å². The fourth-order valence-electron chi connectivity index (χ4n) is 3.40. The van der Waals surface area contributed by atoms with E-state index in [0.717, 1.165) is 22.5 Å². The monoisotopic (exact) mass is 352 g/mol. The summed E-state index contributed by atoms with van der Waals surface area (Å²) in [5.41, 5.74) is 5.20. The van der Waals surface area contributed by atoms with Gasteiger partial charge in [0.05, 0.1) is 18.4 Å². The molecule has 5 heteroatoms. The van der Waals surface area contributed by atoms with Crippen LogP contribution in [-0.4, -0.2) is 25.3 Å². The van der Waals surface area contributed by atoms with Crippen LogP contribution in [0.3, 0.4) is 0 Å². The number of rotatable bonds is 3. The smallest absolute Gasteiger partial charge is 0.211 e. The first-order valence-electron chi connectivity index (χ1n) is 8.76. The molecule has 1 aliphatic heterocycles. The van der Waals surface area contributed by atoms with Crippen LogP contribution in [0.25, 0.3) is 22.9 Å². The molecule has 2 aromatic carbocycles. The number of carbonyl (C=O) groups is 1. The van der Waals surface area contributed by atoms with Gasteiger partial charge in [-0.1, -0.05) is 59.8 Å². The van der Waals surface area contributed by atoms with Gasteiger partial charge in [-0.25, -0.2) is 4.68 Å². The van der Waals surface area contributed by atoms with Gasteiger partial charge < -0.3 is 4.57 Å². The maximum Gasteiger partial charge on any atom is 0.211 e. The normalized spacial score (nSPS) is 12.7. The topological polar surface area (TPSA) is 52.7 Å². The zero-order chi connectivity index (χ0) is 18.2. The highest BCUT2D eigenvalue weighted by atomic mass is 16.1. The van der Waals surface area contributed by atoms with Crippen molar-refractivity contribution >= 4 is 17.6 Å². The van der Waals surface area contributed by atoms with E-state index in [1.807, 2.05) is 66.9 Å². The Hall–Kier alpha value is -3.73. The minimum absolute atomic E-state index is 0.0731. The maximum absolute atomic E-state index is 13.2. The number of ketones is 1. The third-order valence-corrected chi connectivity index (χ3v) is 4.82. The lowest BCUT2D eigenvalue weighted by atomic mass is 10.0. The van der Waals surface area contributed by atoms with Crippen LogP contribution in [-0.2, 0) is 6.54 Å². The molecule has 0 unspecified atom stereocenters. The molecule has 0 atom stereocenters. The maximum atomic E-state index is 13.2. The van der Waals surface area contributed by atoms with Gasteiger partial charge in [-0.05, 0) is 29.3 Å². The predicted molar refractivity (Wildman–Crippen MR) is 104 cm³/mol. The Morgan fingerprint density at radius 3 is 2.48 bits per heavy atom. The van der Waals surface area contributed by atoms with Gasteiger partial charge in [0.15, 0.2) is 0 Å². The highest BCUT2D eigenvalue weighted by Crippen LogP contribution is 2.25. The number of nitrogens with zero attached hydrogens (tertiary/aromatic N) is 4. The van der Waals surface area contributed by atoms with Gasteiger partial charge in [0.2, 0.25) is 5.78 Å². The second-order valence-electron chi connectivity index (χ2n) is 6.50. The van der Waals surface area contributed by atoms with E-state index in [1.165, 1.54) is 0 Å². The van der Waals surface area contributed by atoms with Gasteiger partial charge in [0.25, 0.3) is 0 Å². The Bertz CT molecular complexity index is 1150. The number of Topliss-reactive ketones (excluding diaryl/α,β-unsaturated/α-hetero) is 1.